The summed E-state index contributed by atoms with van der Waals surface area (Å²) in [5.41, 5.74) is 1.12. The number of benzene rings is 1. The minimum absolute atomic E-state index is 0.0966. The van der Waals surface area contributed by atoms with Gasteiger partial charge in [-0.1, -0.05) is 17.8 Å². The van der Waals surface area contributed by atoms with Gasteiger partial charge in [0, 0.05) is 12.3 Å². The number of hydrogen-bond donors (Lipinski definition) is 1. The first-order valence-corrected chi connectivity index (χ1v) is 10.0. The van der Waals surface area contributed by atoms with Gasteiger partial charge in [-0.2, -0.15) is 5.26 Å². The highest BCUT2D eigenvalue weighted by atomic mass is 32.2. The first kappa shape index (κ1) is 19.2. The predicted octanol–water partition coefficient (Wildman–Crippen LogP) is 3.05. The van der Waals surface area contributed by atoms with Crippen molar-refractivity contribution < 1.29 is 9.84 Å². The number of fused-ring (bicyclic) bond motifs is 1. The second kappa shape index (κ2) is 8.86. The molecule has 1 aromatic carbocycles. The zero-order chi connectivity index (χ0) is 19.2. The van der Waals surface area contributed by atoms with Crippen LogP contribution in [0.5, 0.6) is 5.75 Å². The molecule has 3 aromatic rings. The normalized spacial score (nSPS) is 11.9. The molecular weight excluding hydrogens is 382 g/mol. The molecule has 138 valence electrons. The number of thiophene rings is 1. The maximum Gasteiger partial charge on any atom is 0.272 e. The minimum Gasteiger partial charge on any atom is -0.491 e. The van der Waals surface area contributed by atoms with E-state index in [1.807, 2.05) is 17.5 Å². The molecule has 0 aliphatic heterocycles. The van der Waals surface area contributed by atoms with E-state index in [4.69, 9.17) is 10.00 Å². The molecule has 0 fully saturated rings. The average molecular weight is 399 g/mol. The SMILES string of the molecule is C=CCn1c(SC[C@H](O)COc2ccc(C#N)cc2)nc2ccsc2c1=O. The van der Waals surface area contributed by atoms with E-state index in [-0.39, 0.29) is 12.2 Å². The van der Waals surface area contributed by atoms with E-state index < -0.39 is 6.10 Å². The van der Waals surface area contributed by atoms with Crippen molar-refractivity contribution in [1.29, 1.82) is 5.26 Å². The Morgan fingerprint density at radius 1 is 1.41 bits per heavy atom. The number of ether oxygens (including phenoxy) is 1. The van der Waals surface area contributed by atoms with Crippen LogP contribution in [-0.4, -0.2) is 33.1 Å². The summed E-state index contributed by atoms with van der Waals surface area (Å²) >= 11 is 2.67. The third-order valence-electron chi connectivity index (χ3n) is 3.67. The monoisotopic (exact) mass is 399 g/mol. The maximum atomic E-state index is 12.6. The standard InChI is InChI=1S/C19H17N3O3S2/c1-2-8-22-18(24)17-16(7-9-26-17)21-19(22)27-12-14(23)11-25-15-5-3-13(10-20)4-6-15/h2-7,9,14,23H,1,8,11-12H2/t14-/m1/s1. The first-order chi connectivity index (χ1) is 13.1. The molecule has 1 atom stereocenters. The number of aromatic nitrogens is 2. The summed E-state index contributed by atoms with van der Waals surface area (Å²) in [6.45, 7) is 4.16. The number of aliphatic hydroxyl groups is 1. The molecule has 0 spiro atoms. The van der Waals surface area contributed by atoms with Crippen LogP contribution in [0.1, 0.15) is 5.56 Å². The van der Waals surface area contributed by atoms with Crippen molar-refractivity contribution in [2.75, 3.05) is 12.4 Å². The van der Waals surface area contributed by atoms with Gasteiger partial charge in [-0.3, -0.25) is 9.36 Å². The summed E-state index contributed by atoms with van der Waals surface area (Å²) in [6.07, 6.45) is 0.912. The second-order valence-electron chi connectivity index (χ2n) is 5.65. The van der Waals surface area contributed by atoms with Crippen LogP contribution in [0, 0.1) is 11.3 Å². The van der Waals surface area contributed by atoms with Gasteiger partial charge in [0.05, 0.1) is 23.3 Å². The Hall–Kier alpha value is -2.60. The highest BCUT2D eigenvalue weighted by Crippen LogP contribution is 2.22. The largest absolute Gasteiger partial charge is 0.491 e. The molecule has 0 saturated carbocycles. The van der Waals surface area contributed by atoms with Gasteiger partial charge in [-0.25, -0.2) is 4.98 Å². The molecular formula is C19H17N3O3S2. The molecule has 2 heterocycles. The van der Waals surface area contributed by atoms with Gasteiger partial charge in [0.1, 0.15) is 17.1 Å². The molecule has 8 heteroatoms. The molecule has 0 aliphatic carbocycles. The molecule has 2 aromatic heterocycles. The summed E-state index contributed by atoms with van der Waals surface area (Å²) in [4.78, 5) is 17.1. The molecule has 0 saturated heterocycles. The fourth-order valence-electron chi connectivity index (χ4n) is 2.36. The zero-order valence-corrected chi connectivity index (χ0v) is 16.0. The van der Waals surface area contributed by atoms with Crippen LogP contribution < -0.4 is 10.3 Å². The maximum absolute atomic E-state index is 12.6. The van der Waals surface area contributed by atoms with Crippen LogP contribution in [-0.2, 0) is 6.54 Å². The van der Waals surface area contributed by atoms with Crippen LogP contribution in [0.25, 0.3) is 10.2 Å². The summed E-state index contributed by atoms with van der Waals surface area (Å²) < 4.78 is 7.72. The van der Waals surface area contributed by atoms with E-state index in [2.05, 4.69) is 11.6 Å². The number of rotatable bonds is 8. The van der Waals surface area contributed by atoms with Crippen molar-refractivity contribution in [1.82, 2.24) is 9.55 Å². The number of nitrogens with zero attached hydrogens (tertiary/aromatic N) is 3. The molecule has 0 amide bonds. The van der Waals surface area contributed by atoms with E-state index in [9.17, 15) is 9.90 Å². The number of hydrogen-bond acceptors (Lipinski definition) is 7. The van der Waals surface area contributed by atoms with E-state index in [1.54, 1.807) is 34.9 Å². The molecule has 0 radical (unpaired) electrons. The Morgan fingerprint density at radius 3 is 2.89 bits per heavy atom. The van der Waals surface area contributed by atoms with Crippen LogP contribution in [0.4, 0.5) is 0 Å². The Morgan fingerprint density at radius 2 is 2.19 bits per heavy atom. The van der Waals surface area contributed by atoms with Gasteiger partial charge in [-0.05, 0) is 35.7 Å². The zero-order valence-electron chi connectivity index (χ0n) is 14.4. The smallest absolute Gasteiger partial charge is 0.272 e. The summed E-state index contributed by atoms with van der Waals surface area (Å²) in [6, 6.07) is 10.5. The van der Waals surface area contributed by atoms with Gasteiger partial charge >= 0.3 is 0 Å². The number of aliphatic hydroxyl groups excluding tert-OH is 1. The lowest BCUT2D eigenvalue weighted by Crippen LogP contribution is -2.24. The lowest BCUT2D eigenvalue weighted by Gasteiger charge is -2.14. The van der Waals surface area contributed by atoms with E-state index in [1.165, 1.54) is 23.1 Å². The molecule has 3 rings (SSSR count). The molecule has 1 N–H and O–H groups in total. The van der Waals surface area contributed by atoms with Crippen molar-refractivity contribution >= 4 is 33.3 Å². The predicted molar refractivity (Wildman–Crippen MR) is 107 cm³/mol. The average Bonchev–Trinajstić information content (AvgIpc) is 3.16. The third kappa shape index (κ3) is 4.57. The van der Waals surface area contributed by atoms with Gasteiger partial charge in [0.15, 0.2) is 5.16 Å². The molecule has 6 nitrogen and oxygen atoms in total. The van der Waals surface area contributed by atoms with Crippen molar-refractivity contribution in [2.45, 2.75) is 17.8 Å². The van der Waals surface area contributed by atoms with Crippen molar-refractivity contribution in [3.05, 3.63) is 64.3 Å². The fraction of sp³-hybridized carbons (Fsp3) is 0.211. The highest BCUT2D eigenvalue weighted by Gasteiger charge is 2.14. The number of nitriles is 1. The second-order valence-corrected chi connectivity index (χ2v) is 7.55. The van der Waals surface area contributed by atoms with Gasteiger partial charge < -0.3 is 9.84 Å². The van der Waals surface area contributed by atoms with Gasteiger partial charge in [0.25, 0.3) is 5.56 Å². The lowest BCUT2D eigenvalue weighted by atomic mass is 10.2. The quantitative estimate of drug-likeness (QED) is 0.356. The van der Waals surface area contributed by atoms with Crippen LogP contribution in [0.2, 0.25) is 0 Å². The summed E-state index contributed by atoms with van der Waals surface area (Å²) in [5.74, 6) is 0.912. The Kier molecular flexibility index (Phi) is 6.29. The molecule has 0 aliphatic rings. The van der Waals surface area contributed by atoms with E-state index in [0.717, 1.165) is 0 Å². The van der Waals surface area contributed by atoms with Crippen LogP contribution in [0.3, 0.4) is 0 Å². The molecule has 0 unspecified atom stereocenters. The van der Waals surface area contributed by atoms with Gasteiger partial charge in [0.2, 0.25) is 0 Å². The van der Waals surface area contributed by atoms with Gasteiger partial charge in [-0.15, -0.1) is 17.9 Å². The van der Waals surface area contributed by atoms with E-state index >= 15 is 0 Å². The Labute approximate surface area is 164 Å². The van der Waals surface area contributed by atoms with Crippen molar-refractivity contribution in [2.24, 2.45) is 0 Å². The number of allylic oxidation sites excluding steroid dienone is 1. The van der Waals surface area contributed by atoms with Crippen molar-refractivity contribution in [3.63, 3.8) is 0 Å². The Balaban J connectivity index is 1.64. The number of thioether (sulfide) groups is 1. The minimum atomic E-state index is -0.738. The van der Waals surface area contributed by atoms with E-state index in [0.29, 0.717) is 39.0 Å². The third-order valence-corrected chi connectivity index (χ3v) is 5.69. The summed E-state index contributed by atoms with van der Waals surface area (Å²) in [7, 11) is 0. The summed E-state index contributed by atoms with van der Waals surface area (Å²) in [5, 5.41) is 21.4. The van der Waals surface area contributed by atoms with Crippen LogP contribution >= 0.6 is 23.1 Å². The lowest BCUT2D eigenvalue weighted by molar-refractivity contribution is 0.126. The van der Waals surface area contributed by atoms with Crippen molar-refractivity contribution in [3.8, 4) is 11.8 Å². The van der Waals surface area contributed by atoms with Crippen LogP contribution in [0.15, 0.2) is 58.3 Å². The fourth-order valence-corrected chi connectivity index (χ4v) is 4.05. The first-order valence-electron chi connectivity index (χ1n) is 8.15. The Bertz CT molecular complexity index is 1040. The molecule has 0 bridgehead atoms. The highest BCUT2D eigenvalue weighted by molar-refractivity contribution is 7.99. The topological polar surface area (TPSA) is 88.1 Å². The molecule has 27 heavy (non-hydrogen) atoms.